The maximum absolute atomic E-state index is 13.9. The number of carbonyl (C=O) groups is 1. The quantitative estimate of drug-likeness (QED) is 0.743. The first-order chi connectivity index (χ1) is 9.41. The molecule has 0 fully saturated rings. The predicted octanol–water partition coefficient (Wildman–Crippen LogP) is 4.89. The fraction of sp³-hybridized carbons (Fsp3) is 0.154. The molecule has 0 unspecified atom stereocenters. The van der Waals surface area contributed by atoms with Crippen LogP contribution in [-0.2, 0) is 22.1 Å². The summed E-state index contributed by atoms with van der Waals surface area (Å²) in [5, 5.41) is 0. The number of carbonyl (C=O) groups excluding carboxylic acids is 1. The van der Waals surface area contributed by atoms with Gasteiger partial charge in [-0.15, -0.1) is 11.3 Å². The highest BCUT2D eigenvalue weighted by atomic mass is 35.5. The molecule has 2 nitrogen and oxygen atoms in total. The number of hydrogen-bond acceptors (Lipinski definition) is 3. The third-order valence-electron chi connectivity index (χ3n) is 2.46. The summed E-state index contributed by atoms with van der Waals surface area (Å²) < 4.78 is 32.3. The van der Waals surface area contributed by atoms with Crippen molar-refractivity contribution in [1.29, 1.82) is 0 Å². The van der Waals surface area contributed by atoms with E-state index < -0.39 is 17.5 Å². The Balaban J connectivity index is 2.09. The normalized spacial score (nSPS) is 11.4. The van der Waals surface area contributed by atoms with E-state index in [-0.39, 0.29) is 15.3 Å². The topological polar surface area (TPSA) is 26.3 Å². The molecule has 0 N–H and O–H groups in total. The highest BCUT2D eigenvalue weighted by molar-refractivity contribution is 7.20. The van der Waals surface area contributed by atoms with Crippen LogP contribution in [0.5, 0.6) is 0 Å². The van der Waals surface area contributed by atoms with Crippen molar-refractivity contribution >= 4 is 40.5 Å². The molecule has 0 amide bonds. The fourth-order valence-corrected chi connectivity index (χ4v) is 3.00. The summed E-state index contributed by atoms with van der Waals surface area (Å²) in [5.41, 5.74) is -0.0154. The van der Waals surface area contributed by atoms with Gasteiger partial charge in [0.2, 0.25) is 0 Å². The van der Waals surface area contributed by atoms with Gasteiger partial charge in [-0.05, 0) is 11.6 Å². The maximum Gasteiger partial charge on any atom is 0.382 e. The zero-order chi connectivity index (χ0) is 14.8. The molecular weight excluding hydrogens is 329 g/mol. The second-order valence-corrected chi connectivity index (χ2v) is 6.16. The molecule has 0 aliphatic carbocycles. The first-order valence-corrected chi connectivity index (χ1v) is 7.03. The van der Waals surface area contributed by atoms with Gasteiger partial charge in [0.05, 0.1) is 9.90 Å². The van der Waals surface area contributed by atoms with E-state index in [2.05, 4.69) is 4.74 Å². The Morgan fingerprint density at radius 3 is 2.45 bits per heavy atom. The van der Waals surface area contributed by atoms with Crippen molar-refractivity contribution < 1.29 is 18.3 Å². The van der Waals surface area contributed by atoms with Crippen LogP contribution in [-0.4, -0.2) is 5.97 Å². The summed E-state index contributed by atoms with van der Waals surface area (Å²) in [6.45, 7) is -0.231. The summed E-state index contributed by atoms with van der Waals surface area (Å²) in [4.78, 5) is 11.5. The molecule has 0 atom stereocenters. The molecule has 2 rings (SSSR count). The lowest BCUT2D eigenvalue weighted by Crippen LogP contribution is -2.28. The van der Waals surface area contributed by atoms with E-state index in [9.17, 15) is 13.6 Å². The van der Waals surface area contributed by atoms with Gasteiger partial charge < -0.3 is 4.74 Å². The third kappa shape index (κ3) is 3.29. The summed E-state index contributed by atoms with van der Waals surface area (Å²) >= 11 is 12.0. The first-order valence-electron chi connectivity index (χ1n) is 5.45. The van der Waals surface area contributed by atoms with Crippen LogP contribution in [0, 0.1) is 0 Å². The van der Waals surface area contributed by atoms with Gasteiger partial charge in [-0.3, -0.25) is 0 Å². The lowest BCUT2D eigenvalue weighted by molar-refractivity contribution is -0.175. The van der Waals surface area contributed by atoms with E-state index >= 15 is 0 Å². The van der Waals surface area contributed by atoms with E-state index in [1.807, 2.05) is 0 Å². The minimum Gasteiger partial charge on any atom is -0.456 e. The van der Waals surface area contributed by atoms with Crippen LogP contribution in [0.4, 0.5) is 8.78 Å². The second kappa shape index (κ2) is 6.08. The zero-order valence-electron chi connectivity index (χ0n) is 9.91. The largest absolute Gasteiger partial charge is 0.456 e. The third-order valence-corrected chi connectivity index (χ3v) is 3.95. The SMILES string of the molecule is O=C(OCc1ccccc1)C(F)(F)c1cc(Cl)sc1Cl. The number of alkyl halides is 2. The van der Waals surface area contributed by atoms with Gasteiger partial charge in [0, 0.05) is 0 Å². The predicted molar refractivity (Wildman–Crippen MR) is 74.5 cm³/mol. The van der Waals surface area contributed by atoms with Crippen LogP contribution in [0.1, 0.15) is 11.1 Å². The van der Waals surface area contributed by atoms with Crippen molar-refractivity contribution in [1.82, 2.24) is 0 Å². The molecule has 1 aromatic carbocycles. The monoisotopic (exact) mass is 336 g/mol. The maximum atomic E-state index is 13.9. The summed E-state index contributed by atoms with van der Waals surface area (Å²) in [6, 6.07) is 9.51. The van der Waals surface area contributed by atoms with Crippen LogP contribution in [0.15, 0.2) is 36.4 Å². The van der Waals surface area contributed by atoms with E-state index in [4.69, 9.17) is 23.2 Å². The van der Waals surface area contributed by atoms with Crippen LogP contribution in [0.25, 0.3) is 0 Å². The van der Waals surface area contributed by atoms with E-state index in [0.717, 1.165) is 17.4 Å². The average molecular weight is 337 g/mol. The molecule has 0 saturated carbocycles. The van der Waals surface area contributed by atoms with Crippen LogP contribution >= 0.6 is 34.5 Å². The molecule has 20 heavy (non-hydrogen) atoms. The first kappa shape index (κ1) is 15.2. The molecule has 0 aliphatic heterocycles. The van der Waals surface area contributed by atoms with Gasteiger partial charge in [-0.25, -0.2) is 4.79 Å². The molecule has 106 valence electrons. The molecule has 7 heteroatoms. The zero-order valence-corrected chi connectivity index (χ0v) is 12.2. The van der Waals surface area contributed by atoms with Gasteiger partial charge in [-0.2, -0.15) is 8.78 Å². The summed E-state index contributed by atoms with van der Waals surface area (Å²) in [5.74, 6) is -5.48. The van der Waals surface area contributed by atoms with Crippen LogP contribution in [0.2, 0.25) is 8.67 Å². The summed E-state index contributed by atoms with van der Waals surface area (Å²) in [7, 11) is 0. The Labute approximate surface area is 127 Å². The van der Waals surface area contributed by atoms with Crippen molar-refractivity contribution in [2.75, 3.05) is 0 Å². The minimum atomic E-state index is -3.82. The highest BCUT2D eigenvalue weighted by Crippen LogP contribution is 2.41. The number of thiophene rings is 1. The van der Waals surface area contributed by atoms with E-state index in [1.165, 1.54) is 0 Å². The molecule has 2 aromatic rings. The van der Waals surface area contributed by atoms with Crippen molar-refractivity contribution in [2.45, 2.75) is 12.5 Å². The standard InChI is InChI=1S/C13H8Cl2F2O2S/c14-10-6-9(11(15)20-10)13(16,17)12(18)19-7-8-4-2-1-3-5-8/h1-6H,7H2. The number of rotatable bonds is 4. The van der Waals surface area contributed by atoms with Crippen molar-refractivity contribution in [3.8, 4) is 0 Å². The van der Waals surface area contributed by atoms with Crippen molar-refractivity contribution in [3.63, 3.8) is 0 Å². The Bertz CT molecular complexity index is 614. The van der Waals surface area contributed by atoms with Crippen molar-refractivity contribution in [3.05, 3.63) is 56.2 Å². The summed E-state index contributed by atoms with van der Waals surface area (Å²) in [6.07, 6.45) is 0. The fourth-order valence-electron chi connectivity index (χ4n) is 1.48. The number of benzene rings is 1. The average Bonchev–Trinajstić information content (AvgIpc) is 2.77. The van der Waals surface area contributed by atoms with Gasteiger partial charge >= 0.3 is 11.9 Å². The Morgan fingerprint density at radius 1 is 1.25 bits per heavy atom. The van der Waals surface area contributed by atoms with Crippen LogP contribution in [0.3, 0.4) is 0 Å². The van der Waals surface area contributed by atoms with Gasteiger partial charge in [0.1, 0.15) is 10.9 Å². The molecule has 0 radical (unpaired) electrons. The number of esters is 1. The van der Waals surface area contributed by atoms with Gasteiger partial charge in [-0.1, -0.05) is 53.5 Å². The lowest BCUT2D eigenvalue weighted by atomic mass is 10.2. The second-order valence-electron chi connectivity index (χ2n) is 3.87. The molecule has 0 saturated heterocycles. The van der Waals surface area contributed by atoms with Crippen molar-refractivity contribution in [2.24, 2.45) is 0 Å². The lowest BCUT2D eigenvalue weighted by Gasteiger charge is -2.14. The molecule has 0 aliphatic rings. The minimum absolute atomic E-state index is 0.0838. The Kier molecular flexibility index (Phi) is 4.62. The Hall–Kier alpha value is -1.17. The van der Waals surface area contributed by atoms with Gasteiger partial charge in [0.15, 0.2) is 0 Å². The molecular formula is C13H8Cl2F2O2S. The molecule has 1 aromatic heterocycles. The Morgan fingerprint density at radius 2 is 1.90 bits per heavy atom. The van der Waals surface area contributed by atoms with Crippen LogP contribution < -0.4 is 0 Å². The highest BCUT2D eigenvalue weighted by Gasteiger charge is 2.45. The van der Waals surface area contributed by atoms with E-state index in [1.54, 1.807) is 30.3 Å². The number of ether oxygens (including phenoxy) is 1. The smallest absolute Gasteiger partial charge is 0.382 e. The number of hydrogen-bond donors (Lipinski definition) is 0. The molecule has 0 spiro atoms. The molecule has 0 bridgehead atoms. The number of halogens is 4. The molecule has 1 heterocycles. The van der Waals surface area contributed by atoms with E-state index in [0.29, 0.717) is 5.56 Å². The van der Waals surface area contributed by atoms with Gasteiger partial charge in [0.25, 0.3) is 0 Å².